The molecule has 2 aromatic carbocycles. The van der Waals surface area contributed by atoms with E-state index in [-0.39, 0.29) is 11.4 Å². The number of hydrogen-bond donors (Lipinski definition) is 2. The predicted octanol–water partition coefficient (Wildman–Crippen LogP) is 2.96. The molecule has 0 radical (unpaired) electrons. The Kier molecular flexibility index (Phi) is 4.58. The van der Waals surface area contributed by atoms with Crippen LogP contribution in [0.4, 0.5) is 0 Å². The van der Waals surface area contributed by atoms with Crippen molar-refractivity contribution >= 4 is 39.0 Å². The van der Waals surface area contributed by atoms with Crippen LogP contribution in [-0.2, 0) is 14.6 Å². The van der Waals surface area contributed by atoms with Crippen LogP contribution in [0.25, 0.3) is 0 Å². The summed E-state index contributed by atoms with van der Waals surface area (Å²) < 4.78 is 26.1. The van der Waals surface area contributed by atoms with Crippen molar-refractivity contribution in [2.45, 2.75) is 16.1 Å². The van der Waals surface area contributed by atoms with E-state index in [0.29, 0.717) is 15.6 Å². The number of sulfone groups is 1. The van der Waals surface area contributed by atoms with Crippen LogP contribution in [0.5, 0.6) is 0 Å². The molecule has 0 bridgehead atoms. The highest BCUT2D eigenvalue weighted by Crippen LogP contribution is 2.63. The highest BCUT2D eigenvalue weighted by Gasteiger charge is 2.75. The summed E-state index contributed by atoms with van der Waals surface area (Å²) in [6.07, 6.45) is 0. The van der Waals surface area contributed by atoms with Gasteiger partial charge in [-0.3, -0.25) is 4.79 Å². The monoisotopic (exact) mass is 399 g/mol. The number of carbonyl (C=O) groups is 1. The van der Waals surface area contributed by atoms with Gasteiger partial charge in [0.1, 0.15) is 5.41 Å². The smallest absolute Gasteiger partial charge is 0.312 e. The Hall–Kier alpha value is -1.60. The lowest BCUT2D eigenvalue weighted by Crippen LogP contribution is -2.31. The van der Waals surface area contributed by atoms with Crippen molar-refractivity contribution in [2.75, 3.05) is 6.54 Å². The number of carboxylic acid groups (broad SMARTS) is 1. The Balaban J connectivity index is 2.10. The van der Waals surface area contributed by atoms with Crippen molar-refractivity contribution in [3.8, 4) is 0 Å². The molecule has 25 heavy (non-hydrogen) atoms. The minimum Gasteiger partial charge on any atom is -0.481 e. The average Bonchev–Trinajstić information content (AvgIpc) is 3.27. The van der Waals surface area contributed by atoms with Crippen molar-refractivity contribution in [2.24, 2.45) is 11.1 Å². The molecule has 0 unspecified atom stereocenters. The molecule has 0 spiro atoms. The fourth-order valence-corrected chi connectivity index (χ4v) is 6.00. The number of benzene rings is 2. The van der Waals surface area contributed by atoms with Crippen molar-refractivity contribution in [1.82, 2.24) is 0 Å². The quantitative estimate of drug-likeness (QED) is 0.804. The van der Waals surface area contributed by atoms with Gasteiger partial charge in [-0.25, -0.2) is 8.42 Å². The Bertz CT molecular complexity index is 913. The van der Waals surface area contributed by atoms with E-state index in [1.165, 1.54) is 24.3 Å². The molecule has 0 aliphatic heterocycles. The second kappa shape index (κ2) is 6.29. The summed E-state index contributed by atoms with van der Waals surface area (Å²) >= 11 is 11.7. The van der Waals surface area contributed by atoms with Gasteiger partial charge in [-0.15, -0.1) is 0 Å². The van der Waals surface area contributed by atoms with Gasteiger partial charge in [0, 0.05) is 22.5 Å². The zero-order valence-electron chi connectivity index (χ0n) is 12.9. The Morgan fingerprint density at radius 1 is 1.04 bits per heavy atom. The minimum atomic E-state index is -3.91. The van der Waals surface area contributed by atoms with Gasteiger partial charge in [-0.05, 0) is 42.0 Å². The molecule has 1 saturated carbocycles. The number of hydrogen-bond acceptors (Lipinski definition) is 4. The summed E-state index contributed by atoms with van der Waals surface area (Å²) in [4.78, 5) is 11.9. The first-order valence-electron chi connectivity index (χ1n) is 7.43. The van der Waals surface area contributed by atoms with Gasteiger partial charge in [0.25, 0.3) is 0 Å². The fourth-order valence-electron chi connectivity index (χ4n) is 3.36. The molecule has 0 heterocycles. The molecule has 3 N–H and O–H groups in total. The van der Waals surface area contributed by atoms with Gasteiger partial charge in [0.05, 0.1) is 10.1 Å². The number of rotatable bonds is 5. The van der Waals surface area contributed by atoms with E-state index < -0.39 is 32.4 Å². The van der Waals surface area contributed by atoms with Crippen LogP contribution in [0.1, 0.15) is 11.5 Å². The molecular weight excluding hydrogens is 385 g/mol. The van der Waals surface area contributed by atoms with Crippen LogP contribution >= 0.6 is 23.2 Å². The second-order valence-corrected chi connectivity index (χ2v) is 8.94. The third-order valence-electron chi connectivity index (χ3n) is 4.70. The lowest BCUT2D eigenvalue weighted by molar-refractivity contribution is -0.143. The Labute approximate surface area is 155 Å². The van der Waals surface area contributed by atoms with Crippen molar-refractivity contribution in [1.29, 1.82) is 0 Å². The molecule has 1 aliphatic rings. The van der Waals surface area contributed by atoms with E-state index in [9.17, 15) is 18.3 Å². The van der Waals surface area contributed by atoms with E-state index >= 15 is 0 Å². The van der Waals surface area contributed by atoms with Gasteiger partial charge in [-0.2, -0.15) is 0 Å². The largest absolute Gasteiger partial charge is 0.481 e. The maximum absolute atomic E-state index is 13.0. The number of carboxylic acids is 1. The number of nitrogens with two attached hydrogens (primary N) is 1. The Morgan fingerprint density at radius 3 is 1.96 bits per heavy atom. The van der Waals surface area contributed by atoms with E-state index in [2.05, 4.69) is 0 Å². The third kappa shape index (κ3) is 2.83. The van der Waals surface area contributed by atoms with Crippen molar-refractivity contribution < 1.29 is 18.3 Å². The topological polar surface area (TPSA) is 97.5 Å². The molecule has 8 heteroatoms. The first-order valence-corrected chi connectivity index (χ1v) is 9.73. The standard InChI is InChI=1S/C17H15Cl2NO4S/c18-11-3-1-10(2-4-11)14-15(17(14,9-20)16(21)22)25(23,24)13-7-5-12(19)6-8-13/h1-8,14-15H,9,20H2,(H,21,22)/t14-,15-,17+/m0/s1. The Morgan fingerprint density at radius 2 is 1.52 bits per heavy atom. The van der Waals surface area contributed by atoms with E-state index in [0.717, 1.165) is 0 Å². The summed E-state index contributed by atoms with van der Waals surface area (Å²) in [7, 11) is -3.91. The summed E-state index contributed by atoms with van der Waals surface area (Å²) in [5.74, 6) is -1.97. The van der Waals surface area contributed by atoms with Gasteiger partial charge >= 0.3 is 5.97 Å². The van der Waals surface area contributed by atoms with Crippen molar-refractivity contribution in [3.63, 3.8) is 0 Å². The number of aliphatic carboxylic acids is 1. The fraction of sp³-hybridized carbons (Fsp3) is 0.235. The first kappa shape index (κ1) is 18.2. The highest BCUT2D eigenvalue weighted by atomic mass is 35.5. The molecular formula is C17H15Cl2NO4S. The third-order valence-corrected chi connectivity index (χ3v) is 7.49. The summed E-state index contributed by atoms with van der Waals surface area (Å²) in [6.45, 7) is -0.285. The zero-order valence-corrected chi connectivity index (χ0v) is 15.2. The molecule has 5 nitrogen and oxygen atoms in total. The molecule has 0 aromatic heterocycles. The first-order chi connectivity index (χ1) is 11.7. The molecule has 1 aliphatic carbocycles. The zero-order chi connectivity index (χ0) is 18.4. The van der Waals surface area contributed by atoms with Crippen LogP contribution in [0.2, 0.25) is 10.0 Å². The molecule has 3 rings (SSSR count). The normalized spacial score (nSPS) is 25.6. The minimum absolute atomic E-state index is 0.0254. The summed E-state index contributed by atoms with van der Waals surface area (Å²) in [5.41, 5.74) is 4.74. The molecule has 132 valence electrons. The van der Waals surface area contributed by atoms with Gasteiger partial charge in [0.15, 0.2) is 9.84 Å². The second-order valence-electron chi connectivity index (χ2n) is 6.00. The predicted molar refractivity (Wildman–Crippen MR) is 95.7 cm³/mol. The maximum atomic E-state index is 13.0. The molecule has 0 amide bonds. The number of halogens is 2. The van der Waals surface area contributed by atoms with E-state index in [1.54, 1.807) is 24.3 Å². The van der Waals surface area contributed by atoms with E-state index in [4.69, 9.17) is 28.9 Å². The van der Waals surface area contributed by atoms with Gasteiger partial charge in [-0.1, -0.05) is 35.3 Å². The van der Waals surface area contributed by atoms with Crippen molar-refractivity contribution in [3.05, 3.63) is 64.1 Å². The van der Waals surface area contributed by atoms with Crippen LogP contribution in [0.15, 0.2) is 53.4 Å². The average molecular weight is 400 g/mol. The summed E-state index contributed by atoms with van der Waals surface area (Å²) in [6, 6.07) is 12.1. The highest BCUT2D eigenvalue weighted by molar-refractivity contribution is 7.92. The van der Waals surface area contributed by atoms with Crippen LogP contribution in [-0.4, -0.2) is 31.3 Å². The van der Waals surface area contributed by atoms with Crippen LogP contribution in [0.3, 0.4) is 0 Å². The lowest BCUT2D eigenvalue weighted by atomic mass is 9.99. The molecule has 3 atom stereocenters. The lowest BCUT2D eigenvalue weighted by Gasteiger charge is -2.10. The molecule has 2 aromatic rings. The van der Waals surface area contributed by atoms with Crippen LogP contribution in [0, 0.1) is 5.41 Å². The SMILES string of the molecule is NC[C@@]1(C(=O)O)[C@@H](c2ccc(Cl)cc2)[C@@H]1S(=O)(=O)c1ccc(Cl)cc1. The maximum Gasteiger partial charge on any atom is 0.312 e. The van der Waals surface area contributed by atoms with Gasteiger partial charge in [0.2, 0.25) is 0 Å². The molecule has 0 saturated heterocycles. The van der Waals surface area contributed by atoms with Crippen LogP contribution < -0.4 is 5.73 Å². The van der Waals surface area contributed by atoms with Gasteiger partial charge < -0.3 is 10.8 Å². The van der Waals surface area contributed by atoms with E-state index in [1.807, 2.05) is 0 Å². The summed E-state index contributed by atoms with van der Waals surface area (Å²) in [5, 5.41) is 9.45. The molecule has 1 fully saturated rings.